The predicted molar refractivity (Wildman–Crippen MR) is 86.5 cm³/mol. The van der Waals surface area contributed by atoms with Gasteiger partial charge in [0.1, 0.15) is 0 Å². The van der Waals surface area contributed by atoms with Crippen LogP contribution in [0.1, 0.15) is 40.5 Å². The van der Waals surface area contributed by atoms with Gasteiger partial charge in [-0.05, 0) is 52.8 Å². The second-order valence-corrected chi connectivity index (χ2v) is 8.06. The molecular weight excluding hydrogens is 369 g/mol. The standard InChI is InChI=1S/C15H22INO3/c1-8(2)15(13(19)20)5-9(16)12-10(17-15)6-14(3,4)7-11(12)18/h5,8,11,17-18H,6-7H2,1-4H3,(H,19,20). The quantitative estimate of drug-likeness (QED) is 0.634. The molecule has 20 heavy (non-hydrogen) atoms. The van der Waals surface area contributed by atoms with E-state index in [-0.39, 0.29) is 11.3 Å². The first-order valence-corrected chi connectivity index (χ1v) is 7.98. The Kier molecular flexibility index (Phi) is 3.97. The van der Waals surface area contributed by atoms with E-state index in [0.717, 1.165) is 21.3 Å². The predicted octanol–water partition coefficient (Wildman–Crippen LogP) is 2.82. The third-order valence-corrected chi connectivity index (χ3v) is 5.19. The summed E-state index contributed by atoms with van der Waals surface area (Å²) in [5, 5.41) is 23.3. The average molecular weight is 391 g/mol. The number of carboxylic acid groups (broad SMARTS) is 1. The zero-order valence-corrected chi connectivity index (χ0v) is 14.5. The fourth-order valence-electron chi connectivity index (χ4n) is 3.12. The van der Waals surface area contributed by atoms with Gasteiger partial charge in [-0.2, -0.15) is 0 Å². The van der Waals surface area contributed by atoms with Crippen LogP contribution in [0.3, 0.4) is 0 Å². The maximum absolute atomic E-state index is 11.8. The van der Waals surface area contributed by atoms with Crippen molar-refractivity contribution in [1.82, 2.24) is 5.32 Å². The molecule has 2 unspecified atom stereocenters. The van der Waals surface area contributed by atoms with Gasteiger partial charge in [-0.3, -0.25) is 0 Å². The van der Waals surface area contributed by atoms with Crippen LogP contribution < -0.4 is 5.32 Å². The first kappa shape index (κ1) is 15.8. The number of hydrogen-bond donors (Lipinski definition) is 3. The summed E-state index contributed by atoms with van der Waals surface area (Å²) in [7, 11) is 0. The highest BCUT2D eigenvalue weighted by Gasteiger charge is 2.47. The smallest absolute Gasteiger partial charge is 0.333 e. The van der Waals surface area contributed by atoms with Crippen LogP contribution in [0, 0.1) is 11.3 Å². The molecule has 0 aromatic heterocycles. The SMILES string of the molecule is CC(C)C1(C(=O)O)C=C(I)C2=C(CC(C)(C)CC2O)N1. The third kappa shape index (κ3) is 2.50. The highest BCUT2D eigenvalue weighted by atomic mass is 127. The number of aliphatic carboxylic acids is 1. The van der Waals surface area contributed by atoms with Gasteiger partial charge in [0.2, 0.25) is 0 Å². The minimum absolute atomic E-state index is 0.0271. The highest BCUT2D eigenvalue weighted by Crippen LogP contribution is 2.45. The molecule has 1 heterocycles. The topological polar surface area (TPSA) is 69.6 Å². The van der Waals surface area contributed by atoms with Crippen LogP contribution in [-0.2, 0) is 4.79 Å². The summed E-state index contributed by atoms with van der Waals surface area (Å²) in [5.74, 6) is -0.952. The number of nitrogens with one attached hydrogen (secondary N) is 1. The van der Waals surface area contributed by atoms with Crippen LogP contribution in [0.2, 0.25) is 0 Å². The Hall–Kier alpha value is -0.560. The van der Waals surface area contributed by atoms with Gasteiger partial charge in [0.15, 0.2) is 5.54 Å². The van der Waals surface area contributed by atoms with E-state index in [0.29, 0.717) is 6.42 Å². The largest absolute Gasteiger partial charge is 0.479 e. The van der Waals surface area contributed by atoms with Crippen LogP contribution in [0.5, 0.6) is 0 Å². The molecule has 0 amide bonds. The van der Waals surface area contributed by atoms with Crippen LogP contribution in [0.4, 0.5) is 0 Å². The Bertz CT molecular complexity index is 507. The molecule has 5 heteroatoms. The second kappa shape index (κ2) is 5.02. The molecule has 3 N–H and O–H groups in total. The fraction of sp³-hybridized carbons (Fsp3) is 0.667. The number of carboxylic acids is 1. The number of carbonyl (C=O) groups is 1. The summed E-state index contributed by atoms with van der Waals surface area (Å²) in [6.45, 7) is 8.00. The number of allylic oxidation sites excluding steroid dienone is 1. The van der Waals surface area contributed by atoms with E-state index >= 15 is 0 Å². The van der Waals surface area contributed by atoms with Gasteiger partial charge >= 0.3 is 5.97 Å². The molecule has 4 nitrogen and oxygen atoms in total. The Labute approximate surface area is 133 Å². The van der Waals surface area contributed by atoms with E-state index < -0.39 is 17.6 Å². The average Bonchev–Trinajstić information content (AvgIpc) is 2.24. The van der Waals surface area contributed by atoms with E-state index in [9.17, 15) is 15.0 Å². The summed E-state index contributed by atoms with van der Waals surface area (Å²) >= 11 is 2.15. The molecule has 0 aromatic rings. The molecule has 0 saturated heterocycles. The van der Waals surface area contributed by atoms with E-state index in [1.54, 1.807) is 6.08 Å². The lowest BCUT2D eigenvalue weighted by atomic mass is 9.72. The van der Waals surface area contributed by atoms with Crippen molar-refractivity contribution in [3.8, 4) is 0 Å². The van der Waals surface area contributed by atoms with Gasteiger partial charge < -0.3 is 15.5 Å². The zero-order chi connectivity index (χ0) is 15.3. The molecule has 0 saturated carbocycles. The van der Waals surface area contributed by atoms with E-state index in [2.05, 4.69) is 41.8 Å². The highest BCUT2D eigenvalue weighted by molar-refractivity contribution is 14.1. The number of aliphatic hydroxyl groups excluding tert-OH is 1. The minimum Gasteiger partial charge on any atom is -0.479 e. The molecule has 0 spiro atoms. The number of dihydropyridines is 1. The Morgan fingerprint density at radius 2 is 2.10 bits per heavy atom. The van der Waals surface area contributed by atoms with Crippen molar-refractivity contribution in [2.75, 3.05) is 0 Å². The normalized spacial score (nSPS) is 32.5. The summed E-state index contributed by atoms with van der Waals surface area (Å²) in [4.78, 5) is 11.8. The molecule has 2 aliphatic rings. The van der Waals surface area contributed by atoms with Gasteiger partial charge in [-0.1, -0.05) is 27.7 Å². The van der Waals surface area contributed by atoms with Crippen molar-refractivity contribution in [3.63, 3.8) is 0 Å². The fourth-order valence-corrected chi connectivity index (χ4v) is 4.30. The van der Waals surface area contributed by atoms with Gasteiger partial charge in [-0.15, -0.1) is 0 Å². The Balaban J connectivity index is 2.50. The molecule has 1 aliphatic heterocycles. The molecule has 0 radical (unpaired) electrons. The van der Waals surface area contributed by atoms with Crippen LogP contribution >= 0.6 is 22.6 Å². The number of rotatable bonds is 2. The molecule has 112 valence electrons. The molecular formula is C15H22INO3. The maximum atomic E-state index is 11.8. The maximum Gasteiger partial charge on any atom is 0.333 e. The lowest BCUT2D eigenvalue weighted by Gasteiger charge is -2.44. The van der Waals surface area contributed by atoms with E-state index in [1.165, 1.54) is 0 Å². The molecule has 2 rings (SSSR count). The molecule has 2 atom stereocenters. The monoisotopic (exact) mass is 391 g/mol. The van der Waals surface area contributed by atoms with Crippen molar-refractivity contribution in [1.29, 1.82) is 0 Å². The number of aliphatic hydroxyl groups is 1. The lowest BCUT2D eigenvalue weighted by Crippen LogP contribution is -2.57. The van der Waals surface area contributed by atoms with Crippen molar-refractivity contribution in [2.24, 2.45) is 11.3 Å². The van der Waals surface area contributed by atoms with Crippen molar-refractivity contribution >= 4 is 28.6 Å². The molecule has 1 aliphatic carbocycles. The number of hydrogen-bond acceptors (Lipinski definition) is 3. The van der Waals surface area contributed by atoms with E-state index in [1.807, 2.05) is 13.8 Å². The second-order valence-electron chi connectivity index (χ2n) is 6.90. The van der Waals surface area contributed by atoms with Gasteiger partial charge in [-0.25, -0.2) is 4.79 Å². The first-order chi connectivity index (χ1) is 9.09. The van der Waals surface area contributed by atoms with Gasteiger partial charge in [0.05, 0.1) is 6.10 Å². The molecule has 0 aromatic carbocycles. The summed E-state index contributed by atoms with van der Waals surface area (Å²) in [6.07, 6.45) is 2.70. The first-order valence-electron chi connectivity index (χ1n) is 6.90. The molecule has 0 bridgehead atoms. The summed E-state index contributed by atoms with van der Waals surface area (Å²) < 4.78 is 0.857. The van der Waals surface area contributed by atoms with Gasteiger partial charge in [0.25, 0.3) is 0 Å². The molecule has 0 fully saturated rings. The van der Waals surface area contributed by atoms with Crippen molar-refractivity contribution < 1.29 is 15.0 Å². The third-order valence-electron chi connectivity index (χ3n) is 4.29. The summed E-state index contributed by atoms with van der Waals surface area (Å²) in [5.41, 5.74) is 0.655. The zero-order valence-electron chi connectivity index (χ0n) is 12.3. The van der Waals surface area contributed by atoms with Crippen molar-refractivity contribution in [2.45, 2.75) is 52.2 Å². The number of halogens is 1. The van der Waals surface area contributed by atoms with Gasteiger partial charge in [0, 0.05) is 14.8 Å². The Morgan fingerprint density at radius 3 is 2.60 bits per heavy atom. The van der Waals surface area contributed by atoms with Crippen LogP contribution in [0.15, 0.2) is 20.9 Å². The Morgan fingerprint density at radius 1 is 1.50 bits per heavy atom. The lowest BCUT2D eigenvalue weighted by molar-refractivity contribution is -0.144. The van der Waals surface area contributed by atoms with Crippen LogP contribution in [-0.4, -0.2) is 27.8 Å². The summed E-state index contributed by atoms with van der Waals surface area (Å²) in [6, 6.07) is 0. The minimum atomic E-state index is -1.08. The van der Waals surface area contributed by atoms with Crippen molar-refractivity contribution in [3.05, 3.63) is 20.9 Å². The van der Waals surface area contributed by atoms with Crippen LogP contribution in [0.25, 0.3) is 0 Å². The van der Waals surface area contributed by atoms with E-state index in [4.69, 9.17) is 0 Å².